The molecule has 9 heteroatoms. The summed E-state index contributed by atoms with van der Waals surface area (Å²) in [6.45, 7) is 0.285. The van der Waals surface area contributed by atoms with Crippen molar-refractivity contribution in [3.05, 3.63) is 83.9 Å². The van der Waals surface area contributed by atoms with Crippen molar-refractivity contribution >= 4 is 11.9 Å². The van der Waals surface area contributed by atoms with Gasteiger partial charge in [-0.25, -0.2) is 18.4 Å². The van der Waals surface area contributed by atoms with E-state index in [1.54, 1.807) is 0 Å². The van der Waals surface area contributed by atoms with Gasteiger partial charge in [-0.1, -0.05) is 19.2 Å². The number of rotatable bonds is 4. The number of ether oxygens (including phenoxy) is 2. The van der Waals surface area contributed by atoms with Crippen molar-refractivity contribution in [2.45, 2.75) is 19.9 Å². The number of carbonyl (C=O) groups is 2. The Morgan fingerprint density at radius 2 is 1.43 bits per heavy atom. The second-order valence-electron chi connectivity index (χ2n) is 5.04. The van der Waals surface area contributed by atoms with Gasteiger partial charge in [0, 0.05) is 37.6 Å². The van der Waals surface area contributed by atoms with Crippen molar-refractivity contribution in [3.63, 3.8) is 0 Å². The molecule has 2 aromatic rings. The largest absolute Gasteiger partial charge is 0.423 e. The monoisotopic (exact) mass is 438 g/mol. The number of alkyl halides is 3. The molecule has 0 heterocycles. The van der Waals surface area contributed by atoms with E-state index >= 15 is 0 Å². The molecule has 0 saturated heterocycles. The Kier molecular flexibility index (Phi) is 4.46. The fourth-order valence-electron chi connectivity index (χ4n) is 1.43. The van der Waals surface area contributed by atoms with Gasteiger partial charge in [0.25, 0.3) is 0 Å². The van der Waals surface area contributed by atoms with Crippen LogP contribution in [0.25, 0.3) is 0 Å². The van der Waals surface area contributed by atoms with E-state index in [0.29, 0.717) is 6.07 Å². The van der Waals surface area contributed by atoms with Gasteiger partial charge in [0.1, 0.15) is 23.1 Å². The van der Waals surface area contributed by atoms with Crippen LogP contribution in [0.4, 0.5) is 22.0 Å². The fourth-order valence-corrected chi connectivity index (χ4v) is 1.43. The molecule has 0 aliphatic rings. The number of halogens is 5. The molecule has 0 aliphatic heterocycles. The third-order valence-electron chi connectivity index (χ3n) is 2.62. The average Bonchev–Trinajstić information content (AvgIpc) is 2.77. The Morgan fingerprint density at radius 1 is 0.933 bits per heavy atom. The van der Waals surface area contributed by atoms with E-state index in [0.717, 1.165) is 12.1 Å². The summed E-state index contributed by atoms with van der Waals surface area (Å²) in [5.41, 5.74) is -3.69. The van der Waals surface area contributed by atoms with Gasteiger partial charge in [-0.2, -0.15) is 13.2 Å². The summed E-state index contributed by atoms with van der Waals surface area (Å²) in [6.07, 6.45) is -5.19. The maximum Gasteiger partial charge on any atom is 0.416 e. The molecule has 0 spiro atoms. The highest BCUT2D eigenvalue weighted by molar-refractivity contribution is 5.89. The molecule has 4 nitrogen and oxygen atoms in total. The lowest BCUT2D eigenvalue weighted by molar-refractivity contribution is -0.138. The molecule has 160 valence electrons. The molecule has 0 fully saturated rings. The van der Waals surface area contributed by atoms with Gasteiger partial charge < -0.3 is 9.47 Å². The fraction of sp³-hybridized carbons (Fsp3) is 0.143. The predicted molar refractivity (Wildman–Crippen MR) is 98.7 cm³/mol. The van der Waals surface area contributed by atoms with Gasteiger partial charge in [-0.15, -0.1) is 0 Å². The molecule has 0 unspecified atom stereocenters. The van der Waals surface area contributed by atoms with Crippen molar-refractivity contribution in [3.8, 4) is 11.5 Å². The van der Waals surface area contributed by atoms with Crippen molar-refractivity contribution in [2.24, 2.45) is 0 Å². The van der Waals surface area contributed by atoms with Gasteiger partial charge >= 0.3 is 18.1 Å². The van der Waals surface area contributed by atoms with E-state index in [2.05, 4.69) is 22.6 Å². The molecule has 2 rings (SSSR count). The summed E-state index contributed by atoms with van der Waals surface area (Å²) in [6, 6.07) is -3.13. The van der Waals surface area contributed by atoms with E-state index in [1.165, 1.54) is 0 Å². The zero-order chi connectivity index (χ0) is 31.5. The van der Waals surface area contributed by atoms with Gasteiger partial charge in [0.2, 0.25) is 0 Å². The van der Waals surface area contributed by atoms with Gasteiger partial charge in [0.05, 0.1) is 11.0 Å². The molecular formula is C21H17F5O4. The van der Waals surface area contributed by atoms with Crippen molar-refractivity contribution < 1.29 is 54.7 Å². The average molecular weight is 438 g/mol. The molecule has 2 aromatic carbocycles. The van der Waals surface area contributed by atoms with Gasteiger partial charge in [-0.05, 0) is 31.8 Å². The van der Waals surface area contributed by atoms with E-state index < -0.39 is 95.8 Å². The van der Waals surface area contributed by atoms with Crippen LogP contribution in [0.5, 0.6) is 11.5 Å². The van der Waals surface area contributed by atoms with E-state index in [-0.39, 0.29) is 0 Å². The van der Waals surface area contributed by atoms with E-state index in [1.807, 2.05) is 0 Å². The molecule has 0 N–H and O–H groups in total. The summed E-state index contributed by atoms with van der Waals surface area (Å²) >= 11 is 0. The van der Waals surface area contributed by atoms with Crippen LogP contribution >= 0.6 is 0 Å². The SMILES string of the molecule is [2H]C([2H])([2H])C(=C)C(=O)Oc1cc(F)cc(F)c1.[2H]c1c([2H])c(OC(=O)C(=C)C([2H])([2H])[2H])c([2H])c(C(F)(F)F)c1[2H]. The summed E-state index contributed by atoms with van der Waals surface area (Å²) in [4.78, 5) is 22.8. The molecule has 0 saturated carbocycles. The smallest absolute Gasteiger partial charge is 0.416 e. The highest BCUT2D eigenvalue weighted by Gasteiger charge is 2.30. The van der Waals surface area contributed by atoms with E-state index in [9.17, 15) is 31.5 Å². The Balaban J connectivity index is 0.000000418. The Labute approximate surface area is 183 Å². The molecule has 0 amide bonds. The molecule has 0 aliphatic carbocycles. The quantitative estimate of drug-likeness (QED) is 0.269. The number of hydrogen-bond donors (Lipinski definition) is 0. The Bertz CT molecular complexity index is 1330. The highest BCUT2D eigenvalue weighted by atomic mass is 19.4. The molecule has 30 heavy (non-hydrogen) atoms. The lowest BCUT2D eigenvalue weighted by Crippen LogP contribution is -2.10. The van der Waals surface area contributed by atoms with Crippen LogP contribution in [0.15, 0.2) is 66.7 Å². The number of benzene rings is 2. The maximum atomic E-state index is 12.9. The van der Waals surface area contributed by atoms with Crippen LogP contribution in [0.3, 0.4) is 0 Å². The van der Waals surface area contributed by atoms with Gasteiger partial charge in [-0.3, -0.25) is 0 Å². The number of esters is 2. The minimum Gasteiger partial charge on any atom is -0.423 e. The second kappa shape index (κ2) is 10.3. The van der Waals surface area contributed by atoms with Crippen LogP contribution in [-0.4, -0.2) is 11.9 Å². The number of carbonyl (C=O) groups excluding carboxylic acids is 2. The summed E-state index contributed by atoms with van der Waals surface area (Å²) < 4.78 is 144. The molecule has 0 bridgehead atoms. The predicted octanol–water partition coefficient (Wildman–Crippen LogP) is 5.63. The minimum absolute atomic E-state index is 0.419. The van der Waals surface area contributed by atoms with Crippen molar-refractivity contribution in [1.29, 1.82) is 0 Å². The van der Waals surface area contributed by atoms with Crippen LogP contribution in [0, 0.1) is 11.6 Å². The van der Waals surface area contributed by atoms with Crippen LogP contribution < -0.4 is 9.47 Å². The van der Waals surface area contributed by atoms with Gasteiger partial charge in [0.15, 0.2) is 0 Å². The lowest BCUT2D eigenvalue weighted by Gasteiger charge is -2.08. The Hall–Kier alpha value is -3.49. The molecule has 0 radical (unpaired) electrons. The summed E-state index contributed by atoms with van der Waals surface area (Å²) in [7, 11) is 0. The summed E-state index contributed by atoms with van der Waals surface area (Å²) in [5.74, 6) is -6.46. The minimum atomic E-state index is -5.19. The topological polar surface area (TPSA) is 52.6 Å². The zero-order valence-electron chi connectivity index (χ0n) is 24.7. The molecule has 0 atom stereocenters. The van der Waals surface area contributed by atoms with Crippen LogP contribution in [-0.2, 0) is 15.8 Å². The third-order valence-corrected chi connectivity index (χ3v) is 2.62. The highest BCUT2D eigenvalue weighted by Crippen LogP contribution is 2.31. The zero-order valence-corrected chi connectivity index (χ0v) is 14.7. The normalized spacial score (nSPS) is 16.0. The number of hydrogen-bond acceptors (Lipinski definition) is 4. The van der Waals surface area contributed by atoms with Crippen LogP contribution in [0.1, 0.15) is 33.0 Å². The van der Waals surface area contributed by atoms with Crippen molar-refractivity contribution in [2.75, 3.05) is 0 Å². The first-order valence-electron chi connectivity index (χ1n) is 12.4. The molecular weight excluding hydrogens is 411 g/mol. The first kappa shape index (κ1) is 12.9. The molecule has 0 aromatic heterocycles. The second-order valence-corrected chi connectivity index (χ2v) is 5.04. The standard InChI is InChI=1S/C11H9F3O2.C10H8F2O2/c1-7(2)10(15)16-9-5-3-4-8(6-9)11(12,13)14;1-6(2)10(13)14-9-4-7(11)3-8(12)5-9/h3-6H,1H2,2H3;3-5H,1H2,2H3/i2D3,3D,4D,5D,6D;2D3. The maximum absolute atomic E-state index is 12.9. The first-order valence-corrected chi connectivity index (χ1v) is 7.36. The lowest BCUT2D eigenvalue weighted by atomic mass is 10.2. The third kappa shape index (κ3) is 8.26. The Morgan fingerprint density at radius 3 is 1.90 bits per heavy atom. The summed E-state index contributed by atoms with van der Waals surface area (Å²) in [5, 5.41) is 0. The van der Waals surface area contributed by atoms with Crippen LogP contribution in [0.2, 0.25) is 0 Å². The van der Waals surface area contributed by atoms with E-state index in [4.69, 9.17) is 13.7 Å². The van der Waals surface area contributed by atoms with Crippen molar-refractivity contribution in [1.82, 2.24) is 0 Å². The first-order chi connectivity index (χ1) is 17.9.